The highest BCUT2D eigenvalue weighted by Gasteiger charge is 2.37. The normalized spacial score (nSPS) is 26.2. The molecule has 0 spiro atoms. The van der Waals surface area contributed by atoms with E-state index in [-0.39, 0.29) is 13.0 Å². The minimum absolute atomic E-state index is 0.143. The number of rotatable bonds is 7. The highest BCUT2D eigenvalue weighted by atomic mass is 16.7. The minimum atomic E-state index is -1.11. The lowest BCUT2D eigenvalue weighted by Gasteiger charge is -2.36. The Balaban J connectivity index is 1.79. The number of fused-ring (bicyclic) bond motifs is 1. The fraction of sp³-hybridized carbons (Fsp3) is 0.600. The number of nitrogens with zero attached hydrogens (tertiary/aromatic N) is 1. The number of H-pyrrole nitrogens is 1. The highest BCUT2D eigenvalue weighted by molar-refractivity contribution is 5.89. The second-order valence-corrected chi connectivity index (χ2v) is 7.52. The third-order valence-electron chi connectivity index (χ3n) is 5.34. The Morgan fingerprint density at radius 3 is 2.81 bits per heavy atom. The fourth-order valence-corrected chi connectivity index (χ4v) is 3.35. The van der Waals surface area contributed by atoms with Crippen LogP contribution in [0.2, 0.25) is 0 Å². The maximum Gasteiger partial charge on any atom is 0.202 e. The lowest BCUT2D eigenvalue weighted by Crippen LogP contribution is -2.51. The van der Waals surface area contributed by atoms with Crippen molar-refractivity contribution in [2.75, 3.05) is 20.2 Å². The van der Waals surface area contributed by atoms with Crippen molar-refractivity contribution in [1.29, 1.82) is 0 Å². The maximum absolute atomic E-state index is 10.0. The first-order chi connectivity index (χ1) is 12.9. The predicted molar refractivity (Wildman–Crippen MR) is 103 cm³/mol. The van der Waals surface area contributed by atoms with Gasteiger partial charge in [0.15, 0.2) is 0 Å². The fourth-order valence-electron chi connectivity index (χ4n) is 3.35. The molecule has 1 fully saturated rings. The molecule has 2 aromatic rings. The monoisotopic (exact) mass is 378 g/mol. The number of hydrogen-bond donors (Lipinski definition) is 4. The molecule has 0 radical (unpaired) electrons. The second-order valence-electron chi connectivity index (χ2n) is 7.52. The Bertz CT molecular complexity index is 747. The van der Waals surface area contributed by atoms with Crippen molar-refractivity contribution in [2.24, 2.45) is 0 Å². The van der Waals surface area contributed by atoms with Gasteiger partial charge < -0.3 is 34.7 Å². The van der Waals surface area contributed by atoms with Crippen LogP contribution in [0.15, 0.2) is 24.4 Å². The van der Waals surface area contributed by atoms with Crippen LogP contribution in [0, 0.1) is 0 Å². The van der Waals surface area contributed by atoms with E-state index in [1.165, 1.54) is 0 Å². The van der Waals surface area contributed by atoms with E-state index >= 15 is 0 Å². The summed E-state index contributed by atoms with van der Waals surface area (Å²) in [6.45, 7) is 4.89. The van der Waals surface area contributed by atoms with Crippen LogP contribution in [0.3, 0.4) is 0 Å². The molecule has 0 saturated carbocycles. The summed E-state index contributed by atoms with van der Waals surface area (Å²) in [6, 6.07) is 6.25. The molecule has 1 saturated heterocycles. The van der Waals surface area contributed by atoms with Crippen LogP contribution >= 0.6 is 0 Å². The van der Waals surface area contributed by atoms with Crippen molar-refractivity contribution in [1.82, 2.24) is 9.88 Å². The van der Waals surface area contributed by atoms with Crippen LogP contribution in [0.4, 0.5) is 0 Å². The molecule has 150 valence electrons. The molecule has 1 aromatic carbocycles. The van der Waals surface area contributed by atoms with Gasteiger partial charge in [-0.15, -0.1) is 0 Å². The molecule has 0 aliphatic carbocycles. The van der Waals surface area contributed by atoms with Crippen LogP contribution in [0.5, 0.6) is 5.75 Å². The number of hydrogen-bond acceptors (Lipinski definition) is 6. The van der Waals surface area contributed by atoms with Crippen LogP contribution in [0.1, 0.15) is 25.8 Å². The number of aliphatic hydroxyl groups excluding tert-OH is 3. The summed E-state index contributed by atoms with van der Waals surface area (Å²) in [5, 5.41) is 30.2. The Labute approximate surface area is 159 Å². The standard InChI is InChI=1S/C20H30N2O5/c1-12(2)22(3)8-7-13-10-21-14-5-4-6-16(19(13)14)26-18-9-15(24)20(25)17(11-23)27-18/h4-6,10,12,15,17-18,20-21,23-25H,7-9,11H2,1-3H3/t15-,17-,18-,20+/m1/s1. The van der Waals surface area contributed by atoms with Gasteiger partial charge in [0, 0.05) is 36.1 Å². The Hall–Kier alpha value is -1.64. The van der Waals surface area contributed by atoms with Gasteiger partial charge in [-0.2, -0.15) is 0 Å². The number of aliphatic hydroxyl groups is 3. The summed E-state index contributed by atoms with van der Waals surface area (Å²) in [5.41, 5.74) is 2.13. The third-order valence-corrected chi connectivity index (χ3v) is 5.34. The smallest absolute Gasteiger partial charge is 0.202 e. The van der Waals surface area contributed by atoms with Crippen molar-refractivity contribution in [3.8, 4) is 5.75 Å². The lowest BCUT2D eigenvalue weighted by molar-refractivity contribution is -0.229. The van der Waals surface area contributed by atoms with E-state index in [4.69, 9.17) is 9.47 Å². The summed E-state index contributed by atoms with van der Waals surface area (Å²) in [7, 11) is 2.11. The topological polar surface area (TPSA) is 98.2 Å². The van der Waals surface area contributed by atoms with Gasteiger partial charge >= 0.3 is 0 Å². The summed E-state index contributed by atoms with van der Waals surface area (Å²) < 4.78 is 11.7. The lowest BCUT2D eigenvalue weighted by atomic mass is 10.0. The average molecular weight is 378 g/mol. The Kier molecular flexibility index (Phi) is 6.39. The van der Waals surface area contributed by atoms with Gasteiger partial charge in [0.1, 0.15) is 18.0 Å². The number of benzene rings is 1. The number of aromatic nitrogens is 1. The van der Waals surface area contributed by atoms with E-state index in [0.717, 1.165) is 29.4 Å². The zero-order valence-corrected chi connectivity index (χ0v) is 16.1. The molecule has 0 unspecified atom stereocenters. The van der Waals surface area contributed by atoms with Crippen molar-refractivity contribution >= 4 is 10.9 Å². The number of likely N-dealkylation sites (N-methyl/N-ethyl adjacent to an activating group) is 1. The quantitative estimate of drug-likeness (QED) is 0.579. The molecule has 7 heteroatoms. The molecule has 27 heavy (non-hydrogen) atoms. The number of nitrogens with one attached hydrogen (secondary N) is 1. The average Bonchev–Trinajstić information content (AvgIpc) is 3.06. The van der Waals surface area contributed by atoms with Gasteiger partial charge in [0.25, 0.3) is 0 Å². The predicted octanol–water partition coefficient (Wildman–Crippen LogP) is 1.26. The van der Waals surface area contributed by atoms with Gasteiger partial charge in [-0.25, -0.2) is 0 Å². The summed E-state index contributed by atoms with van der Waals surface area (Å²) in [6.07, 6.45) is -0.672. The highest BCUT2D eigenvalue weighted by Crippen LogP contribution is 2.32. The Morgan fingerprint density at radius 1 is 1.33 bits per heavy atom. The minimum Gasteiger partial charge on any atom is -0.464 e. The van der Waals surface area contributed by atoms with E-state index in [1.54, 1.807) is 0 Å². The third kappa shape index (κ3) is 4.44. The largest absolute Gasteiger partial charge is 0.464 e. The van der Waals surface area contributed by atoms with E-state index in [1.807, 2.05) is 24.4 Å². The zero-order valence-electron chi connectivity index (χ0n) is 16.1. The molecule has 1 aromatic heterocycles. The molecule has 7 nitrogen and oxygen atoms in total. The van der Waals surface area contributed by atoms with Gasteiger partial charge in [0.2, 0.25) is 6.29 Å². The van der Waals surface area contributed by atoms with Crippen LogP contribution < -0.4 is 4.74 Å². The van der Waals surface area contributed by atoms with Crippen molar-refractivity contribution in [3.05, 3.63) is 30.0 Å². The SMILES string of the molecule is CC(C)N(C)CCc1c[nH]c2cccc(O[C@H]3C[C@@H](O)[C@H](O)[C@@H](CO)O3)c12. The van der Waals surface area contributed by atoms with Crippen molar-refractivity contribution in [2.45, 2.75) is 57.3 Å². The molecule has 1 aliphatic rings. The van der Waals surface area contributed by atoms with E-state index in [2.05, 4.69) is 30.8 Å². The number of aromatic amines is 1. The molecule has 0 bridgehead atoms. The van der Waals surface area contributed by atoms with E-state index in [9.17, 15) is 15.3 Å². The van der Waals surface area contributed by atoms with E-state index in [0.29, 0.717) is 11.8 Å². The van der Waals surface area contributed by atoms with Gasteiger partial charge in [-0.1, -0.05) is 6.07 Å². The molecule has 2 heterocycles. The molecular weight excluding hydrogens is 348 g/mol. The summed E-state index contributed by atoms with van der Waals surface area (Å²) in [5.74, 6) is 0.668. The summed E-state index contributed by atoms with van der Waals surface area (Å²) in [4.78, 5) is 5.57. The first-order valence-corrected chi connectivity index (χ1v) is 9.49. The first kappa shape index (κ1) is 20.1. The van der Waals surface area contributed by atoms with Crippen molar-refractivity contribution in [3.63, 3.8) is 0 Å². The van der Waals surface area contributed by atoms with Crippen molar-refractivity contribution < 1.29 is 24.8 Å². The molecular formula is C20H30N2O5. The first-order valence-electron chi connectivity index (χ1n) is 9.49. The van der Waals surface area contributed by atoms with Crippen LogP contribution in [-0.2, 0) is 11.2 Å². The molecule has 1 aliphatic heterocycles. The number of ether oxygens (including phenoxy) is 2. The molecule has 3 rings (SSSR count). The molecule has 0 amide bonds. The van der Waals surface area contributed by atoms with Gasteiger partial charge in [-0.3, -0.25) is 0 Å². The molecule has 4 atom stereocenters. The maximum atomic E-state index is 10.0. The Morgan fingerprint density at radius 2 is 2.11 bits per heavy atom. The van der Waals surface area contributed by atoms with Crippen LogP contribution in [0.25, 0.3) is 10.9 Å². The molecule has 4 N–H and O–H groups in total. The van der Waals surface area contributed by atoms with Gasteiger partial charge in [-0.05, 0) is 45.0 Å². The van der Waals surface area contributed by atoms with Gasteiger partial charge in [0.05, 0.1) is 12.7 Å². The zero-order chi connectivity index (χ0) is 19.6. The summed E-state index contributed by atoms with van der Waals surface area (Å²) >= 11 is 0. The van der Waals surface area contributed by atoms with Crippen LogP contribution in [-0.4, -0.2) is 76.0 Å². The second kappa shape index (κ2) is 8.58. The van der Waals surface area contributed by atoms with E-state index < -0.39 is 24.6 Å².